The number of rotatable bonds is 5. The summed E-state index contributed by atoms with van der Waals surface area (Å²) in [5.41, 5.74) is 1.81. The summed E-state index contributed by atoms with van der Waals surface area (Å²) >= 11 is 0. The van der Waals surface area contributed by atoms with Crippen LogP contribution < -0.4 is 4.74 Å². The Morgan fingerprint density at radius 3 is 2.58 bits per heavy atom. The zero-order valence-electron chi connectivity index (χ0n) is 10.9. The smallest absolute Gasteiger partial charge is 0.236 e. The van der Waals surface area contributed by atoms with Gasteiger partial charge in [0, 0.05) is 18.0 Å². The standard InChI is InChI=1S/C13H16N2O3S/c1-11-10-15(12-6-4-3-5-7-12)14-13(11)18-8-9-19(2,16)17/h3-7,10H,8-9H2,1-2H3. The third kappa shape index (κ3) is 3.82. The average molecular weight is 280 g/mol. The lowest BCUT2D eigenvalue weighted by atomic mass is 10.3. The number of hydrogen-bond acceptors (Lipinski definition) is 4. The van der Waals surface area contributed by atoms with Gasteiger partial charge in [-0.2, -0.15) is 0 Å². The molecule has 1 aromatic carbocycles. The maximum Gasteiger partial charge on any atom is 0.236 e. The Hall–Kier alpha value is -1.82. The molecule has 0 atom stereocenters. The van der Waals surface area contributed by atoms with Gasteiger partial charge in [-0.15, -0.1) is 5.10 Å². The predicted molar refractivity (Wildman–Crippen MR) is 73.5 cm³/mol. The molecule has 2 rings (SSSR count). The van der Waals surface area contributed by atoms with Crippen molar-refractivity contribution in [2.24, 2.45) is 0 Å². The van der Waals surface area contributed by atoms with Crippen LogP contribution in [0, 0.1) is 6.92 Å². The van der Waals surface area contributed by atoms with Gasteiger partial charge in [0.05, 0.1) is 11.4 Å². The lowest BCUT2D eigenvalue weighted by Crippen LogP contribution is -2.12. The Kier molecular flexibility index (Phi) is 3.90. The molecule has 0 unspecified atom stereocenters. The summed E-state index contributed by atoms with van der Waals surface area (Å²) in [6.45, 7) is 1.99. The van der Waals surface area contributed by atoms with Gasteiger partial charge in [0.1, 0.15) is 6.61 Å². The van der Waals surface area contributed by atoms with E-state index in [1.54, 1.807) is 4.68 Å². The van der Waals surface area contributed by atoms with Gasteiger partial charge in [-0.25, -0.2) is 13.1 Å². The summed E-state index contributed by atoms with van der Waals surface area (Å²) < 4.78 is 29.2. The van der Waals surface area contributed by atoms with Crippen molar-refractivity contribution in [3.8, 4) is 11.6 Å². The van der Waals surface area contributed by atoms with Gasteiger partial charge in [-0.3, -0.25) is 0 Å². The van der Waals surface area contributed by atoms with Gasteiger partial charge in [0.2, 0.25) is 5.88 Å². The zero-order chi connectivity index (χ0) is 13.9. The number of aromatic nitrogens is 2. The highest BCUT2D eigenvalue weighted by Gasteiger charge is 2.09. The van der Waals surface area contributed by atoms with E-state index in [9.17, 15) is 8.42 Å². The van der Waals surface area contributed by atoms with Gasteiger partial charge >= 0.3 is 0 Å². The molecule has 0 amide bonds. The van der Waals surface area contributed by atoms with Crippen LogP contribution in [0.5, 0.6) is 5.88 Å². The van der Waals surface area contributed by atoms with Crippen LogP contribution in [0.4, 0.5) is 0 Å². The molecule has 1 heterocycles. The topological polar surface area (TPSA) is 61.2 Å². The summed E-state index contributed by atoms with van der Waals surface area (Å²) in [5.74, 6) is 0.456. The van der Waals surface area contributed by atoms with E-state index in [2.05, 4.69) is 5.10 Å². The molecular weight excluding hydrogens is 264 g/mol. The van der Waals surface area contributed by atoms with Crippen molar-refractivity contribution >= 4 is 9.84 Å². The fourth-order valence-corrected chi connectivity index (χ4v) is 1.98. The number of hydrogen-bond donors (Lipinski definition) is 0. The Morgan fingerprint density at radius 1 is 1.26 bits per heavy atom. The maximum atomic E-state index is 11.0. The van der Waals surface area contributed by atoms with Crippen molar-refractivity contribution in [1.82, 2.24) is 9.78 Å². The number of aryl methyl sites for hydroxylation is 1. The van der Waals surface area contributed by atoms with E-state index < -0.39 is 9.84 Å². The minimum Gasteiger partial charge on any atom is -0.475 e. The summed E-state index contributed by atoms with van der Waals surface area (Å²) in [7, 11) is -3.01. The molecular formula is C13H16N2O3S. The zero-order valence-corrected chi connectivity index (χ0v) is 11.7. The average Bonchev–Trinajstić information content (AvgIpc) is 2.71. The summed E-state index contributed by atoms with van der Waals surface area (Å²) in [6.07, 6.45) is 3.04. The van der Waals surface area contributed by atoms with Crippen LogP contribution in [-0.4, -0.2) is 36.8 Å². The Labute approximate surface area is 112 Å². The molecule has 0 radical (unpaired) electrons. The molecule has 5 nitrogen and oxygen atoms in total. The number of ether oxygens (including phenoxy) is 1. The molecule has 6 heteroatoms. The van der Waals surface area contributed by atoms with Gasteiger partial charge in [0.15, 0.2) is 9.84 Å². The molecule has 0 fully saturated rings. The number of nitrogens with zero attached hydrogens (tertiary/aromatic N) is 2. The lowest BCUT2D eigenvalue weighted by molar-refractivity contribution is 0.323. The van der Waals surface area contributed by atoms with Crippen LogP contribution >= 0.6 is 0 Å². The molecule has 0 spiro atoms. The van der Waals surface area contributed by atoms with Gasteiger partial charge < -0.3 is 4.74 Å². The van der Waals surface area contributed by atoms with E-state index in [1.165, 1.54) is 6.26 Å². The van der Waals surface area contributed by atoms with Crippen molar-refractivity contribution in [2.45, 2.75) is 6.92 Å². The van der Waals surface area contributed by atoms with Crippen LogP contribution in [0.1, 0.15) is 5.56 Å². The molecule has 0 N–H and O–H groups in total. The quantitative estimate of drug-likeness (QED) is 0.834. The van der Waals surface area contributed by atoms with Crippen LogP contribution in [0.25, 0.3) is 5.69 Å². The van der Waals surface area contributed by atoms with E-state index in [1.807, 2.05) is 43.5 Å². The summed E-state index contributed by atoms with van der Waals surface area (Å²) in [5, 5.41) is 4.30. The third-order valence-electron chi connectivity index (χ3n) is 2.57. The van der Waals surface area contributed by atoms with Gasteiger partial charge in [-0.05, 0) is 19.1 Å². The molecule has 0 saturated carbocycles. The van der Waals surface area contributed by atoms with Crippen LogP contribution in [0.15, 0.2) is 36.5 Å². The first kappa shape index (κ1) is 13.6. The second kappa shape index (κ2) is 5.44. The Morgan fingerprint density at radius 2 is 1.95 bits per heavy atom. The molecule has 1 aromatic heterocycles. The molecule has 0 aliphatic carbocycles. The molecule has 102 valence electrons. The first-order valence-electron chi connectivity index (χ1n) is 5.88. The number of para-hydroxylation sites is 1. The monoisotopic (exact) mass is 280 g/mol. The Balaban J connectivity index is 2.09. The molecule has 0 bridgehead atoms. The lowest BCUT2D eigenvalue weighted by Gasteiger charge is -2.02. The molecule has 0 aliphatic heterocycles. The highest BCUT2D eigenvalue weighted by molar-refractivity contribution is 7.90. The second-order valence-electron chi connectivity index (χ2n) is 4.38. The largest absolute Gasteiger partial charge is 0.475 e. The first-order valence-corrected chi connectivity index (χ1v) is 7.94. The predicted octanol–water partition coefficient (Wildman–Crippen LogP) is 1.60. The van der Waals surface area contributed by atoms with Crippen LogP contribution in [0.3, 0.4) is 0 Å². The normalized spacial score (nSPS) is 11.5. The van der Waals surface area contributed by atoms with E-state index in [4.69, 9.17) is 4.74 Å². The third-order valence-corrected chi connectivity index (χ3v) is 3.47. The van der Waals surface area contributed by atoms with Crippen molar-refractivity contribution in [3.05, 3.63) is 42.1 Å². The highest BCUT2D eigenvalue weighted by atomic mass is 32.2. The van der Waals surface area contributed by atoms with E-state index in [0.29, 0.717) is 5.88 Å². The molecule has 0 aliphatic rings. The van der Waals surface area contributed by atoms with Crippen molar-refractivity contribution in [3.63, 3.8) is 0 Å². The molecule has 19 heavy (non-hydrogen) atoms. The minimum absolute atomic E-state index is 0.00929. The fraction of sp³-hybridized carbons (Fsp3) is 0.308. The number of benzene rings is 1. The summed E-state index contributed by atoms with van der Waals surface area (Å²) in [4.78, 5) is 0. The minimum atomic E-state index is -3.01. The summed E-state index contributed by atoms with van der Waals surface area (Å²) in [6, 6.07) is 9.66. The van der Waals surface area contributed by atoms with E-state index >= 15 is 0 Å². The first-order chi connectivity index (χ1) is 8.96. The van der Waals surface area contributed by atoms with Crippen molar-refractivity contribution in [1.29, 1.82) is 0 Å². The molecule has 2 aromatic rings. The number of sulfone groups is 1. The van der Waals surface area contributed by atoms with Crippen molar-refractivity contribution < 1.29 is 13.2 Å². The highest BCUT2D eigenvalue weighted by Crippen LogP contribution is 2.17. The Bertz CT molecular complexity index is 648. The molecule has 0 saturated heterocycles. The fourth-order valence-electron chi connectivity index (χ4n) is 1.59. The van der Waals surface area contributed by atoms with Gasteiger partial charge in [-0.1, -0.05) is 18.2 Å². The van der Waals surface area contributed by atoms with Crippen LogP contribution in [0.2, 0.25) is 0 Å². The second-order valence-corrected chi connectivity index (χ2v) is 6.64. The van der Waals surface area contributed by atoms with Crippen LogP contribution in [-0.2, 0) is 9.84 Å². The van der Waals surface area contributed by atoms with E-state index in [0.717, 1.165) is 11.3 Å². The van der Waals surface area contributed by atoms with Crippen molar-refractivity contribution in [2.75, 3.05) is 18.6 Å². The van der Waals surface area contributed by atoms with Gasteiger partial charge in [0.25, 0.3) is 0 Å². The SMILES string of the molecule is Cc1cn(-c2ccccc2)nc1OCCS(C)(=O)=O. The maximum absolute atomic E-state index is 11.0. The van der Waals surface area contributed by atoms with E-state index in [-0.39, 0.29) is 12.4 Å².